The molecular weight excluding hydrogens is 451 g/mol. The summed E-state index contributed by atoms with van der Waals surface area (Å²) in [5.41, 5.74) is 2.59. The van der Waals surface area contributed by atoms with E-state index >= 15 is 0 Å². The molecule has 1 unspecified atom stereocenters. The second-order valence-corrected chi connectivity index (χ2v) is 7.66. The average molecular weight is 471 g/mol. The second kappa shape index (κ2) is 8.49. The lowest BCUT2D eigenvalue weighted by Crippen LogP contribution is -2.25. The highest BCUT2D eigenvalue weighted by Gasteiger charge is 2.35. The lowest BCUT2D eigenvalue weighted by molar-refractivity contribution is -0.275. The maximum absolute atomic E-state index is 12.9. The van der Waals surface area contributed by atoms with E-state index in [-0.39, 0.29) is 17.9 Å². The van der Waals surface area contributed by atoms with Crippen molar-refractivity contribution < 1.29 is 27.4 Å². The van der Waals surface area contributed by atoms with E-state index < -0.39 is 12.5 Å². The van der Waals surface area contributed by atoms with Crippen LogP contribution in [0.2, 0.25) is 0 Å². The third kappa shape index (κ3) is 4.21. The summed E-state index contributed by atoms with van der Waals surface area (Å²) in [6, 6.07) is 11.4. The molecule has 0 saturated carbocycles. The Labute approximate surface area is 192 Å². The van der Waals surface area contributed by atoms with Crippen LogP contribution in [0.4, 0.5) is 13.2 Å². The average Bonchev–Trinajstić information content (AvgIpc) is 3.44. The van der Waals surface area contributed by atoms with Gasteiger partial charge >= 0.3 is 6.36 Å². The van der Waals surface area contributed by atoms with Gasteiger partial charge in [-0.15, -0.1) is 13.2 Å². The molecule has 11 heteroatoms. The first kappa shape index (κ1) is 22.0. The standard InChI is InChI=1S/C23H20F3N5O3/c1-14-12-30(13-27-14)17-8-7-15(11-19(17)32-2)21-28-22-20(33-10-9-31(22)29-21)16-5-3-4-6-18(16)34-23(24,25)26/h3-8,11-13,20H,9-10H2,1-2H3. The van der Waals surface area contributed by atoms with Gasteiger partial charge in [0.15, 0.2) is 11.6 Å². The Kier molecular flexibility index (Phi) is 5.48. The zero-order valence-corrected chi connectivity index (χ0v) is 18.3. The first-order valence-corrected chi connectivity index (χ1v) is 10.4. The quantitative estimate of drug-likeness (QED) is 0.428. The van der Waals surface area contributed by atoms with Crippen LogP contribution in [0.25, 0.3) is 17.1 Å². The predicted molar refractivity (Wildman–Crippen MR) is 115 cm³/mol. The third-order valence-electron chi connectivity index (χ3n) is 5.38. The number of nitrogens with zero attached hydrogens (tertiary/aromatic N) is 5. The zero-order valence-electron chi connectivity index (χ0n) is 18.3. The van der Waals surface area contributed by atoms with E-state index in [1.165, 1.54) is 18.2 Å². The van der Waals surface area contributed by atoms with E-state index in [2.05, 4.69) is 19.8 Å². The van der Waals surface area contributed by atoms with Crippen LogP contribution in [-0.2, 0) is 11.3 Å². The number of imidazole rings is 1. The molecule has 8 nitrogen and oxygen atoms in total. The zero-order chi connectivity index (χ0) is 23.9. The first-order chi connectivity index (χ1) is 16.3. The molecule has 0 spiro atoms. The van der Waals surface area contributed by atoms with E-state index in [0.29, 0.717) is 29.5 Å². The summed E-state index contributed by atoms with van der Waals surface area (Å²) in [7, 11) is 1.57. The number of methoxy groups -OCH3 is 1. The number of para-hydroxylation sites is 1. The Morgan fingerprint density at radius 1 is 1.12 bits per heavy atom. The van der Waals surface area contributed by atoms with E-state index in [4.69, 9.17) is 9.47 Å². The Hall–Kier alpha value is -3.86. The molecule has 176 valence electrons. The number of fused-ring (bicyclic) bond motifs is 1. The van der Waals surface area contributed by atoms with Crippen LogP contribution >= 0.6 is 0 Å². The van der Waals surface area contributed by atoms with E-state index in [1.54, 1.807) is 24.2 Å². The third-order valence-corrected chi connectivity index (χ3v) is 5.38. The van der Waals surface area contributed by atoms with Crippen LogP contribution in [0.15, 0.2) is 55.0 Å². The maximum atomic E-state index is 12.9. The van der Waals surface area contributed by atoms with E-state index in [0.717, 1.165) is 11.4 Å². The summed E-state index contributed by atoms with van der Waals surface area (Å²) in [5.74, 6) is 1.07. The molecule has 3 heterocycles. The molecule has 2 aromatic carbocycles. The van der Waals surface area contributed by atoms with Crippen LogP contribution < -0.4 is 9.47 Å². The topological polar surface area (TPSA) is 76.2 Å². The fourth-order valence-corrected chi connectivity index (χ4v) is 3.89. The fraction of sp³-hybridized carbons (Fsp3) is 0.261. The summed E-state index contributed by atoms with van der Waals surface area (Å²) in [4.78, 5) is 8.86. The normalized spacial score (nSPS) is 15.7. The van der Waals surface area contributed by atoms with Crippen molar-refractivity contribution in [3.8, 4) is 28.6 Å². The van der Waals surface area contributed by atoms with Gasteiger partial charge in [-0.1, -0.05) is 18.2 Å². The molecule has 0 bridgehead atoms. The Bertz CT molecular complexity index is 1330. The maximum Gasteiger partial charge on any atom is 0.573 e. The van der Waals surface area contributed by atoms with Gasteiger partial charge in [-0.05, 0) is 31.2 Å². The molecule has 0 N–H and O–H groups in total. The van der Waals surface area contributed by atoms with Crippen molar-refractivity contribution in [3.05, 3.63) is 72.1 Å². The van der Waals surface area contributed by atoms with Crippen molar-refractivity contribution in [2.45, 2.75) is 25.9 Å². The van der Waals surface area contributed by atoms with Gasteiger partial charge < -0.3 is 18.8 Å². The molecular formula is C23H20F3N5O3. The summed E-state index contributed by atoms with van der Waals surface area (Å²) in [5, 5.41) is 4.57. The monoisotopic (exact) mass is 471 g/mol. The number of ether oxygens (including phenoxy) is 3. The number of hydrogen-bond donors (Lipinski definition) is 0. The highest BCUT2D eigenvalue weighted by atomic mass is 19.4. The molecule has 0 saturated heterocycles. The van der Waals surface area contributed by atoms with Crippen molar-refractivity contribution in [1.82, 2.24) is 24.3 Å². The molecule has 4 aromatic rings. The molecule has 0 radical (unpaired) electrons. The van der Waals surface area contributed by atoms with Crippen LogP contribution in [0.5, 0.6) is 11.5 Å². The van der Waals surface area contributed by atoms with Gasteiger partial charge in [0.05, 0.1) is 38.0 Å². The first-order valence-electron chi connectivity index (χ1n) is 10.4. The van der Waals surface area contributed by atoms with Gasteiger partial charge in [0, 0.05) is 17.3 Å². The van der Waals surface area contributed by atoms with Gasteiger partial charge in [0.25, 0.3) is 0 Å². The summed E-state index contributed by atoms with van der Waals surface area (Å²) >= 11 is 0. The number of alkyl halides is 3. The van der Waals surface area contributed by atoms with Gasteiger partial charge in [-0.2, -0.15) is 5.10 Å². The van der Waals surface area contributed by atoms with Gasteiger partial charge in [0.1, 0.15) is 17.6 Å². The van der Waals surface area contributed by atoms with Crippen molar-refractivity contribution in [2.75, 3.05) is 13.7 Å². The van der Waals surface area contributed by atoms with Crippen molar-refractivity contribution >= 4 is 0 Å². The summed E-state index contributed by atoms with van der Waals surface area (Å²) in [6.07, 6.45) is -2.10. The van der Waals surface area contributed by atoms with Crippen LogP contribution in [0.1, 0.15) is 23.2 Å². The fourth-order valence-electron chi connectivity index (χ4n) is 3.89. The van der Waals surface area contributed by atoms with E-state index in [1.807, 2.05) is 35.9 Å². The molecule has 5 rings (SSSR count). The molecule has 0 fully saturated rings. The molecule has 0 amide bonds. The predicted octanol–water partition coefficient (Wildman–Crippen LogP) is 4.47. The van der Waals surface area contributed by atoms with Gasteiger partial charge in [0.2, 0.25) is 0 Å². The molecule has 0 aliphatic carbocycles. The number of rotatable bonds is 5. The van der Waals surface area contributed by atoms with E-state index in [9.17, 15) is 13.2 Å². The summed E-state index contributed by atoms with van der Waals surface area (Å²) in [6.45, 7) is 2.58. The molecule has 1 aliphatic heterocycles. The SMILES string of the molecule is COc1cc(-c2nc3n(n2)CCOC3c2ccccc2OC(F)(F)F)ccc1-n1cnc(C)c1. The molecule has 1 atom stereocenters. The van der Waals surface area contributed by atoms with Crippen LogP contribution in [0.3, 0.4) is 0 Å². The Morgan fingerprint density at radius 3 is 2.68 bits per heavy atom. The second-order valence-electron chi connectivity index (χ2n) is 7.66. The number of benzene rings is 2. The minimum atomic E-state index is -4.82. The largest absolute Gasteiger partial charge is 0.573 e. The number of aryl methyl sites for hydroxylation is 1. The number of halogens is 3. The van der Waals surface area contributed by atoms with Crippen LogP contribution in [0, 0.1) is 6.92 Å². The lowest BCUT2D eigenvalue weighted by atomic mass is 10.1. The minimum absolute atomic E-state index is 0.225. The van der Waals surface area contributed by atoms with Crippen molar-refractivity contribution in [1.29, 1.82) is 0 Å². The lowest BCUT2D eigenvalue weighted by Gasteiger charge is -2.25. The molecule has 1 aliphatic rings. The molecule has 2 aromatic heterocycles. The number of aromatic nitrogens is 5. The van der Waals surface area contributed by atoms with Crippen molar-refractivity contribution in [2.24, 2.45) is 0 Å². The highest BCUT2D eigenvalue weighted by molar-refractivity contribution is 5.63. The smallest absolute Gasteiger partial charge is 0.495 e. The highest BCUT2D eigenvalue weighted by Crippen LogP contribution is 2.37. The minimum Gasteiger partial charge on any atom is -0.495 e. The van der Waals surface area contributed by atoms with Crippen molar-refractivity contribution in [3.63, 3.8) is 0 Å². The number of hydrogen-bond acceptors (Lipinski definition) is 6. The summed E-state index contributed by atoms with van der Waals surface area (Å²) < 4.78 is 57.9. The Morgan fingerprint density at radius 2 is 1.94 bits per heavy atom. The molecule has 34 heavy (non-hydrogen) atoms. The Balaban J connectivity index is 1.52. The van der Waals surface area contributed by atoms with Gasteiger partial charge in [-0.3, -0.25) is 0 Å². The van der Waals surface area contributed by atoms with Crippen LogP contribution in [-0.4, -0.2) is 44.4 Å². The van der Waals surface area contributed by atoms with Gasteiger partial charge in [-0.25, -0.2) is 14.6 Å².